The number of amides is 1. The van der Waals surface area contributed by atoms with Crippen molar-refractivity contribution in [3.8, 4) is 17.2 Å². The Kier molecular flexibility index (Phi) is 8.07. The Hall–Kier alpha value is -4.38. The first kappa shape index (κ1) is 26.2. The van der Waals surface area contributed by atoms with E-state index in [4.69, 9.17) is 0 Å². The lowest BCUT2D eigenvalue weighted by molar-refractivity contribution is -0.113. The van der Waals surface area contributed by atoms with E-state index in [1.807, 2.05) is 109 Å². The fourth-order valence-corrected chi connectivity index (χ4v) is 6.32. The van der Waals surface area contributed by atoms with Gasteiger partial charge in [0.15, 0.2) is 5.78 Å². The summed E-state index contributed by atoms with van der Waals surface area (Å²) in [5, 5.41) is 19.0. The van der Waals surface area contributed by atoms with Crippen LogP contribution < -0.4 is 10.6 Å². The molecule has 0 bridgehead atoms. The lowest BCUT2D eigenvalue weighted by Crippen LogP contribution is -2.30. The van der Waals surface area contributed by atoms with Gasteiger partial charge >= 0.3 is 0 Å². The second kappa shape index (κ2) is 12.0. The smallest absolute Gasteiger partial charge is 0.254 e. The summed E-state index contributed by atoms with van der Waals surface area (Å²) in [6, 6.07) is 33.0. The van der Waals surface area contributed by atoms with Crippen molar-refractivity contribution in [1.82, 2.24) is 5.32 Å². The van der Waals surface area contributed by atoms with Gasteiger partial charge in [-0.2, -0.15) is 5.26 Å². The van der Waals surface area contributed by atoms with Crippen LogP contribution in [0.15, 0.2) is 124 Å². The van der Waals surface area contributed by atoms with E-state index >= 15 is 0 Å². The molecule has 1 aliphatic heterocycles. The van der Waals surface area contributed by atoms with Gasteiger partial charge in [-0.3, -0.25) is 9.59 Å². The molecule has 5 nitrogen and oxygen atoms in total. The van der Waals surface area contributed by atoms with Gasteiger partial charge in [-0.05, 0) is 41.6 Å². The number of dihydropyridines is 1. The van der Waals surface area contributed by atoms with Crippen LogP contribution in [-0.4, -0.2) is 17.4 Å². The van der Waals surface area contributed by atoms with Crippen LogP contribution >= 0.6 is 23.1 Å². The minimum absolute atomic E-state index is 0.0341. The van der Waals surface area contributed by atoms with Crippen molar-refractivity contribution < 1.29 is 9.59 Å². The Balaban J connectivity index is 1.37. The average Bonchev–Trinajstić information content (AvgIpc) is 3.51. The number of hydrogen-bond donors (Lipinski definition) is 2. The third kappa shape index (κ3) is 5.88. The van der Waals surface area contributed by atoms with Gasteiger partial charge in [0, 0.05) is 27.4 Å². The third-order valence-electron chi connectivity index (χ3n) is 6.41. The van der Waals surface area contributed by atoms with Crippen LogP contribution in [0.5, 0.6) is 0 Å². The monoisotopic (exact) mass is 547 g/mol. The van der Waals surface area contributed by atoms with Crippen molar-refractivity contribution in [3.63, 3.8) is 0 Å². The van der Waals surface area contributed by atoms with Gasteiger partial charge in [-0.25, -0.2) is 0 Å². The van der Waals surface area contributed by atoms with E-state index in [0.29, 0.717) is 33.1 Å². The molecule has 0 unspecified atom stereocenters. The fourth-order valence-electron chi connectivity index (χ4n) is 4.49. The van der Waals surface area contributed by atoms with Crippen molar-refractivity contribution in [1.29, 1.82) is 5.26 Å². The van der Waals surface area contributed by atoms with Crippen LogP contribution in [0.1, 0.15) is 28.1 Å². The molecule has 1 amide bonds. The van der Waals surface area contributed by atoms with E-state index in [1.165, 1.54) is 23.1 Å². The molecule has 2 heterocycles. The number of para-hydroxylation sites is 1. The molecule has 5 rings (SSSR count). The number of carbonyl (C=O) groups is 2. The molecule has 0 spiro atoms. The predicted octanol–water partition coefficient (Wildman–Crippen LogP) is 7.37. The summed E-state index contributed by atoms with van der Waals surface area (Å²) in [6.07, 6.45) is 0. The number of benzene rings is 3. The Bertz CT molecular complexity index is 1580. The molecule has 1 atom stereocenters. The van der Waals surface area contributed by atoms with Crippen LogP contribution in [0.25, 0.3) is 11.1 Å². The highest BCUT2D eigenvalue weighted by Crippen LogP contribution is 2.42. The van der Waals surface area contributed by atoms with Gasteiger partial charge < -0.3 is 10.6 Å². The molecule has 1 aromatic heterocycles. The minimum Gasteiger partial charge on any atom is -0.353 e. The van der Waals surface area contributed by atoms with Crippen molar-refractivity contribution in [3.05, 3.63) is 135 Å². The van der Waals surface area contributed by atoms with E-state index in [1.54, 1.807) is 0 Å². The van der Waals surface area contributed by atoms with Crippen molar-refractivity contribution >= 4 is 40.5 Å². The van der Waals surface area contributed by atoms with Crippen LogP contribution in [0.4, 0.5) is 5.69 Å². The number of nitrogens with one attached hydrogen (secondary N) is 2. The zero-order chi connectivity index (χ0) is 27.2. The van der Waals surface area contributed by atoms with E-state index in [2.05, 4.69) is 16.7 Å². The Morgan fingerprint density at radius 3 is 2.23 bits per heavy atom. The van der Waals surface area contributed by atoms with Gasteiger partial charge in [0.2, 0.25) is 0 Å². The van der Waals surface area contributed by atoms with Gasteiger partial charge in [0.25, 0.3) is 5.91 Å². The molecule has 7 heteroatoms. The maximum absolute atomic E-state index is 13.4. The number of allylic oxidation sites excluding steroid dienone is 2. The Morgan fingerprint density at radius 2 is 1.59 bits per heavy atom. The number of anilines is 1. The quantitative estimate of drug-likeness (QED) is 0.225. The maximum Gasteiger partial charge on any atom is 0.254 e. The highest BCUT2D eigenvalue weighted by Gasteiger charge is 2.35. The highest BCUT2D eigenvalue weighted by molar-refractivity contribution is 8.03. The van der Waals surface area contributed by atoms with E-state index in [0.717, 1.165) is 16.0 Å². The molecule has 192 valence electrons. The lowest BCUT2D eigenvalue weighted by atomic mass is 9.86. The molecule has 2 N–H and O–H groups in total. The molecule has 4 aromatic rings. The highest BCUT2D eigenvalue weighted by atomic mass is 32.2. The van der Waals surface area contributed by atoms with Gasteiger partial charge in [-0.1, -0.05) is 90.6 Å². The largest absolute Gasteiger partial charge is 0.353 e. The van der Waals surface area contributed by atoms with Crippen molar-refractivity contribution in [2.24, 2.45) is 0 Å². The molecule has 0 saturated carbocycles. The number of Topliss-reactive ketones (excluding diaryl/α,β-unsaturated/α-hetero) is 1. The van der Waals surface area contributed by atoms with Crippen molar-refractivity contribution in [2.45, 2.75) is 12.8 Å². The number of hydrogen-bond acceptors (Lipinski definition) is 6. The van der Waals surface area contributed by atoms with Gasteiger partial charge in [0.1, 0.15) is 0 Å². The van der Waals surface area contributed by atoms with Crippen LogP contribution in [0, 0.1) is 11.3 Å². The van der Waals surface area contributed by atoms with Gasteiger partial charge in [-0.15, -0.1) is 11.3 Å². The average molecular weight is 548 g/mol. The third-order valence-corrected chi connectivity index (χ3v) is 8.37. The first-order valence-electron chi connectivity index (χ1n) is 12.4. The van der Waals surface area contributed by atoms with Crippen molar-refractivity contribution in [2.75, 3.05) is 11.1 Å². The number of rotatable bonds is 8. The second-order valence-electron chi connectivity index (χ2n) is 8.94. The zero-order valence-electron chi connectivity index (χ0n) is 21.2. The molecule has 0 radical (unpaired) electrons. The molecule has 0 fully saturated rings. The molecule has 39 heavy (non-hydrogen) atoms. The topological polar surface area (TPSA) is 82.0 Å². The normalized spacial score (nSPS) is 14.9. The minimum atomic E-state index is -0.525. The van der Waals surface area contributed by atoms with E-state index in [-0.39, 0.29) is 17.4 Å². The number of carbonyl (C=O) groups excluding carboxylic acids is 2. The molecular weight excluding hydrogens is 523 g/mol. The molecule has 0 aliphatic carbocycles. The molecular formula is C32H25N3O2S2. The number of ketones is 1. The Morgan fingerprint density at radius 1 is 0.923 bits per heavy atom. The lowest BCUT2D eigenvalue weighted by Gasteiger charge is -2.29. The number of thioether (sulfide) groups is 1. The molecule has 0 saturated heterocycles. The van der Waals surface area contributed by atoms with Crippen LogP contribution in [0.3, 0.4) is 0 Å². The molecule has 1 aliphatic rings. The van der Waals surface area contributed by atoms with Gasteiger partial charge in [0.05, 0.1) is 28.3 Å². The van der Waals surface area contributed by atoms with E-state index in [9.17, 15) is 14.9 Å². The first-order chi connectivity index (χ1) is 19.0. The summed E-state index contributed by atoms with van der Waals surface area (Å²) >= 11 is 2.79. The van der Waals surface area contributed by atoms with Crippen LogP contribution in [0.2, 0.25) is 0 Å². The SMILES string of the molecule is CC1=C(C(=O)Nc2ccccc2)[C@@H](c2cccs2)C(C#N)=C(SCC(=O)c2ccc(-c3ccccc3)cc2)N1. The van der Waals surface area contributed by atoms with E-state index < -0.39 is 5.92 Å². The summed E-state index contributed by atoms with van der Waals surface area (Å²) in [5.41, 5.74) is 5.01. The summed E-state index contributed by atoms with van der Waals surface area (Å²) in [7, 11) is 0. The predicted molar refractivity (Wildman–Crippen MR) is 159 cm³/mol. The summed E-state index contributed by atoms with van der Waals surface area (Å²) < 4.78 is 0. The van der Waals surface area contributed by atoms with Crippen LogP contribution in [-0.2, 0) is 4.79 Å². The number of nitrogens with zero attached hydrogens (tertiary/aromatic N) is 1. The zero-order valence-corrected chi connectivity index (χ0v) is 22.8. The summed E-state index contributed by atoms with van der Waals surface area (Å²) in [5.74, 6) is -0.666. The summed E-state index contributed by atoms with van der Waals surface area (Å²) in [6.45, 7) is 1.83. The number of thiophene rings is 1. The number of nitriles is 1. The Labute approximate surface area is 235 Å². The fraction of sp³-hybridized carbons (Fsp3) is 0.0938. The summed E-state index contributed by atoms with van der Waals surface area (Å²) in [4.78, 5) is 27.4. The second-order valence-corrected chi connectivity index (χ2v) is 10.9. The molecule has 3 aromatic carbocycles. The first-order valence-corrected chi connectivity index (χ1v) is 14.2. The maximum atomic E-state index is 13.4. The standard InChI is InChI=1S/C32H25N3O2S2/c1-21-29(31(37)35-25-11-6-3-7-12-25)30(28-13-8-18-38-28)26(19-33)32(34-21)39-20-27(36)24-16-14-23(15-17-24)22-9-4-2-5-10-22/h2-18,30,34H,20H2,1H3,(H,35,37)/t30-/m1/s1.